The first-order chi connectivity index (χ1) is 25.1. The first kappa shape index (κ1) is 31.4. The summed E-state index contributed by atoms with van der Waals surface area (Å²) >= 11 is 0. The number of benzene rings is 5. The third-order valence-electron chi connectivity index (χ3n) is 11.3. The van der Waals surface area contributed by atoms with E-state index < -0.39 is 0 Å². The first-order valence-corrected chi connectivity index (χ1v) is 18.7. The normalized spacial score (nSPS) is 19.9. The quantitative estimate of drug-likeness (QED) is 0.173. The summed E-state index contributed by atoms with van der Waals surface area (Å²) in [5.41, 5.74) is 13.0. The fourth-order valence-corrected chi connectivity index (χ4v) is 8.88. The van der Waals surface area contributed by atoms with Crippen LogP contribution in [0, 0.1) is 19.8 Å². The number of hydrogen-bond donors (Lipinski definition) is 0. The van der Waals surface area contributed by atoms with Crippen molar-refractivity contribution in [2.24, 2.45) is 5.92 Å². The van der Waals surface area contributed by atoms with Crippen LogP contribution in [0.15, 0.2) is 146 Å². The molecular formula is C48H45N3. The zero-order valence-electron chi connectivity index (χ0n) is 30.1. The van der Waals surface area contributed by atoms with Gasteiger partial charge in [-0.1, -0.05) is 110 Å². The second-order valence-electron chi connectivity index (χ2n) is 14.4. The number of allylic oxidation sites excluding steroid dienone is 5. The van der Waals surface area contributed by atoms with E-state index in [9.17, 15) is 0 Å². The predicted octanol–water partition coefficient (Wildman–Crippen LogP) is 12.6. The minimum atomic E-state index is 0.0416. The lowest BCUT2D eigenvalue weighted by Gasteiger charge is -2.31. The lowest BCUT2D eigenvalue weighted by molar-refractivity contribution is 0.601. The molecule has 3 aliphatic rings. The molecule has 3 unspecified atom stereocenters. The second-order valence-corrected chi connectivity index (χ2v) is 14.4. The second kappa shape index (κ2) is 12.3. The van der Waals surface area contributed by atoms with Gasteiger partial charge in [0.15, 0.2) is 0 Å². The highest BCUT2D eigenvalue weighted by Crippen LogP contribution is 2.57. The number of fused-ring (bicyclic) bond motifs is 7. The van der Waals surface area contributed by atoms with Crippen LogP contribution in [0.5, 0.6) is 0 Å². The summed E-state index contributed by atoms with van der Waals surface area (Å²) in [6, 6.07) is 43.1. The van der Waals surface area contributed by atoms with Crippen LogP contribution < -0.4 is 4.90 Å². The molecule has 0 bridgehead atoms. The molecule has 0 saturated heterocycles. The Labute approximate surface area is 301 Å². The van der Waals surface area contributed by atoms with Crippen LogP contribution in [0.3, 0.4) is 0 Å². The topological polar surface area (TPSA) is 13.1 Å². The molecule has 51 heavy (non-hydrogen) atoms. The number of aryl methyl sites for hydroxylation is 2. The number of aromatic nitrogens is 2. The van der Waals surface area contributed by atoms with Gasteiger partial charge >= 0.3 is 0 Å². The molecule has 0 aliphatic heterocycles. The first-order valence-electron chi connectivity index (χ1n) is 18.7. The molecule has 1 fully saturated rings. The standard InChI is InChI=1S/C46H39N3.C2H6/c1-31-18-21-35(22-19-31)47(30-33-11-10-17-44-45(33)38-15-6-7-16-41(38)48(44)36-13-4-3-5-14-36)37-23-25-43-40(28-37)39-27-32(2)20-24-42(39)49(43)46-26-9-8-12-34(46)29-46;1-2/h3-10,12-28,33-34H,11,29-30H2,1-2H3;1-2H3. The van der Waals surface area contributed by atoms with Crippen molar-refractivity contribution in [3.8, 4) is 5.69 Å². The van der Waals surface area contributed by atoms with Gasteiger partial charge in [0.1, 0.15) is 0 Å². The van der Waals surface area contributed by atoms with E-state index >= 15 is 0 Å². The van der Waals surface area contributed by atoms with Gasteiger partial charge in [0, 0.05) is 57.1 Å². The van der Waals surface area contributed by atoms with E-state index in [-0.39, 0.29) is 5.54 Å². The Morgan fingerprint density at radius 2 is 1.39 bits per heavy atom. The Kier molecular flexibility index (Phi) is 7.61. The number of anilines is 2. The highest BCUT2D eigenvalue weighted by molar-refractivity contribution is 6.10. The molecular weight excluding hydrogens is 619 g/mol. The van der Waals surface area contributed by atoms with Crippen molar-refractivity contribution in [2.45, 2.75) is 52.0 Å². The molecule has 5 aromatic carbocycles. The smallest absolute Gasteiger partial charge is 0.0707 e. The van der Waals surface area contributed by atoms with Gasteiger partial charge in [-0.15, -0.1) is 0 Å². The Morgan fingerprint density at radius 3 is 2.20 bits per heavy atom. The summed E-state index contributed by atoms with van der Waals surface area (Å²) in [6.07, 6.45) is 16.2. The van der Waals surface area contributed by atoms with Gasteiger partial charge in [-0.25, -0.2) is 0 Å². The van der Waals surface area contributed by atoms with Crippen molar-refractivity contribution < 1.29 is 0 Å². The van der Waals surface area contributed by atoms with E-state index in [4.69, 9.17) is 0 Å². The highest BCUT2D eigenvalue weighted by atomic mass is 15.1. The Morgan fingerprint density at radius 1 is 0.686 bits per heavy atom. The van der Waals surface area contributed by atoms with E-state index in [0.717, 1.165) is 19.4 Å². The summed E-state index contributed by atoms with van der Waals surface area (Å²) < 4.78 is 5.09. The van der Waals surface area contributed by atoms with Crippen molar-refractivity contribution in [2.75, 3.05) is 11.4 Å². The third kappa shape index (κ3) is 5.01. The number of nitrogens with zero attached hydrogens (tertiary/aromatic N) is 3. The Bertz CT molecular complexity index is 2510. The van der Waals surface area contributed by atoms with Gasteiger partial charge in [0.2, 0.25) is 0 Å². The average Bonchev–Trinajstić information content (AvgIpc) is 3.70. The molecule has 252 valence electrons. The fourth-order valence-electron chi connectivity index (χ4n) is 8.88. The minimum Gasteiger partial charge on any atom is -0.341 e. The van der Waals surface area contributed by atoms with Crippen LogP contribution in [0.25, 0.3) is 44.5 Å². The van der Waals surface area contributed by atoms with Gasteiger partial charge in [-0.3, -0.25) is 0 Å². The van der Waals surface area contributed by atoms with Crippen LogP contribution in [-0.2, 0) is 5.54 Å². The molecule has 3 aliphatic carbocycles. The third-order valence-corrected chi connectivity index (χ3v) is 11.3. The highest BCUT2D eigenvalue weighted by Gasteiger charge is 2.54. The van der Waals surface area contributed by atoms with E-state index in [1.807, 2.05) is 13.8 Å². The molecule has 0 radical (unpaired) electrons. The number of rotatable bonds is 6. The van der Waals surface area contributed by atoms with Gasteiger partial charge in [0.05, 0.1) is 22.3 Å². The van der Waals surface area contributed by atoms with Crippen molar-refractivity contribution in [3.05, 3.63) is 168 Å². The minimum absolute atomic E-state index is 0.0416. The molecule has 3 nitrogen and oxygen atoms in total. The Hall–Kier alpha value is -5.54. The maximum atomic E-state index is 2.64. The zero-order chi connectivity index (χ0) is 34.7. The summed E-state index contributed by atoms with van der Waals surface area (Å²) in [6.45, 7) is 9.27. The van der Waals surface area contributed by atoms with Crippen LogP contribution in [0.4, 0.5) is 11.4 Å². The lowest BCUT2D eigenvalue weighted by Crippen LogP contribution is -2.25. The predicted molar refractivity (Wildman–Crippen MR) is 218 cm³/mol. The molecule has 0 amide bonds. The van der Waals surface area contributed by atoms with Gasteiger partial charge < -0.3 is 14.0 Å². The molecule has 3 atom stereocenters. The molecule has 2 heterocycles. The molecule has 10 rings (SSSR count). The van der Waals surface area contributed by atoms with Gasteiger partial charge in [-0.2, -0.15) is 0 Å². The monoisotopic (exact) mass is 663 g/mol. The van der Waals surface area contributed by atoms with Crippen LogP contribution in [-0.4, -0.2) is 15.7 Å². The van der Waals surface area contributed by atoms with E-state index in [2.05, 4.69) is 180 Å². The molecule has 3 heteroatoms. The average molecular weight is 664 g/mol. The number of para-hydroxylation sites is 2. The maximum absolute atomic E-state index is 2.64. The summed E-state index contributed by atoms with van der Waals surface area (Å²) in [5.74, 6) is 0.883. The summed E-state index contributed by atoms with van der Waals surface area (Å²) in [5, 5.41) is 4.03. The molecule has 2 aromatic heterocycles. The van der Waals surface area contributed by atoms with Crippen LogP contribution >= 0.6 is 0 Å². The van der Waals surface area contributed by atoms with Gasteiger partial charge in [-0.05, 0) is 99.0 Å². The number of hydrogen-bond acceptors (Lipinski definition) is 1. The maximum Gasteiger partial charge on any atom is 0.0707 e. The van der Waals surface area contributed by atoms with Crippen molar-refractivity contribution in [1.29, 1.82) is 0 Å². The zero-order valence-corrected chi connectivity index (χ0v) is 30.1. The van der Waals surface area contributed by atoms with E-state index in [1.165, 1.54) is 72.2 Å². The fraction of sp³-hybridized carbons (Fsp3) is 0.208. The van der Waals surface area contributed by atoms with Crippen molar-refractivity contribution >= 4 is 50.2 Å². The largest absolute Gasteiger partial charge is 0.341 e. The molecule has 0 spiro atoms. The van der Waals surface area contributed by atoms with Crippen LogP contribution in [0.1, 0.15) is 55.0 Å². The summed E-state index contributed by atoms with van der Waals surface area (Å²) in [7, 11) is 0. The van der Waals surface area contributed by atoms with Crippen molar-refractivity contribution in [3.63, 3.8) is 0 Å². The van der Waals surface area contributed by atoms with Crippen LogP contribution in [0.2, 0.25) is 0 Å². The van der Waals surface area contributed by atoms with E-state index in [0.29, 0.717) is 11.8 Å². The SMILES string of the molecule is CC.Cc1ccc(N(CC2CC=Cc3c2c2ccccc2n3-c2ccccc2)c2ccc3c(c2)c2cc(C)ccc2n3C23C=CC=CC2C3)cc1. The molecule has 1 saturated carbocycles. The molecule has 7 aromatic rings. The molecule has 0 N–H and O–H groups in total. The van der Waals surface area contributed by atoms with Gasteiger partial charge in [0.25, 0.3) is 0 Å². The van der Waals surface area contributed by atoms with Crippen molar-refractivity contribution in [1.82, 2.24) is 9.13 Å². The van der Waals surface area contributed by atoms with E-state index in [1.54, 1.807) is 0 Å². The Balaban J connectivity index is 0.00000171. The summed E-state index contributed by atoms with van der Waals surface area (Å²) in [4.78, 5) is 2.57. The lowest BCUT2D eigenvalue weighted by atomic mass is 9.88.